The van der Waals surface area contributed by atoms with Gasteiger partial charge in [-0.2, -0.15) is 0 Å². The maximum Gasteiger partial charge on any atom is 0.0641 e. The number of benzene rings is 5. The van der Waals surface area contributed by atoms with Crippen LogP contribution in [0.4, 0.5) is 0 Å². The minimum atomic E-state index is -0.712. The van der Waals surface area contributed by atoms with E-state index >= 15 is 0 Å². The zero-order valence-electron chi connectivity index (χ0n) is 21.2. The van der Waals surface area contributed by atoms with Gasteiger partial charge in [0.05, 0.1) is 5.54 Å². The highest BCUT2D eigenvalue weighted by molar-refractivity contribution is 6.03. The topological polar surface area (TPSA) is 52.0 Å². The Bertz CT molecular complexity index is 1620. The molecule has 0 saturated heterocycles. The molecule has 0 amide bonds. The largest absolute Gasteiger partial charge is 0.399 e. The van der Waals surface area contributed by atoms with Crippen molar-refractivity contribution >= 4 is 0 Å². The van der Waals surface area contributed by atoms with Crippen LogP contribution < -0.4 is 11.5 Å². The van der Waals surface area contributed by atoms with Gasteiger partial charge in [0.2, 0.25) is 0 Å². The highest BCUT2D eigenvalue weighted by atomic mass is 14.7. The SMILES string of the molecule is NC1=CCC(N)(c2cc(-c3ccccc3)c(-c3ccccc3)c(-c3ccccc3)c2-c2ccccc2)C=C1. The smallest absolute Gasteiger partial charge is 0.0641 e. The molecule has 0 fully saturated rings. The number of allylic oxidation sites excluding steroid dienone is 1. The molecule has 0 heterocycles. The Morgan fingerprint density at radius 1 is 0.526 bits per heavy atom. The van der Waals surface area contributed by atoms with Crippen molar-refractivity contribution in [3.05, 3.63) is 157 Å². The molecule has 5 aromatic carbocycles. The zero-order chi connectivity index (χ0) is 26.0. The van der Waals surface area contributed by atoms with Crippen LogP contribution in [-0.4, -0.2) is 0 Å². The van der Waals surface area contributed by atoms with E-state index in [1.54, 1.807) is 0 Å². The number of hydrogen-bond donors (Lipinski definition) is 2. The Morgan fingerprint density at radius 3 is 1.45 bits per heavy atom. The number of nitrogens with two attached hydrogens (primary N) is 2. The van der Waals surface area contributed by atoms with Gasteiger partial charge in [0.25, 0.3) is 0 Å². The molecule has 0 bridgehead atoms. The van der Waals surface area contributed by atoms with Crippen LogP contribution in [0.15, 0.2) is 151 Å². The lowest BCUT2D eigenvalue weighted by molar-refractivity contribution is 0.564. The van der Waals surface area contributed by atoms with E-state index < -0.39 is 5.54 Å². The van der Waals surface area contributed by atoms with E-state index in [9.17, 15) is 0 Å². The molecule has 2 heteroatoms. The summed E-state index contributed by atoms with van der Waals surface area (Å²) in [5.74, 6) is 0. The summed E-state index contributed by atoms with van der Waals surface area (Å²) in [5.41, 5.74) is 23.8. The zero-order valence-corrected chi connectivity index (χ0v) is 21.2. The summed E-state index contributed by atoms with van der Waals surface area (Å²) in [6.07, 6.45) is 6.66. The summed E-state index contributed by atoms with van der Waals surface area (Å²) in [4.78, 5) is 0. The average Bonchev–Trinajstić information content (AvgIpc) is 2.99. The van der Waals surface area contributed by atoms with Crippen LogP contribution >= 0.6 is 0 Å². The quantitative estimate of drug-likeness (QED) is 0.260. The first kappa shape index (κ1) is 23.7. The maximum absolute atomic E-state index is 7.28. The standard InChI is InChI=1S/C36H30N2/c37-30-21-23-36(38,24-22-30)32-25-31(26-13-5-1-6-14-26)33(27-15-7-2-8-16-27)35(29-19-11-4-12-20-29)34(32)28-17-9-3-10-18-28/h1-23,25H,24,37-38H2. The molecular weight excluding hydrogens is 460 g/mol. The van der Waals surface area contributed by atoms with Gasteiger partial charge in [-0.25, -0.2) is 0 Å². The first-order valence-corrected chi connectivity index (χ1v) is 13.0. The summed E-state index contributed by atoms with van der Waals surface area (Å²) >= 11 is 0. The fourth-order valence-electron chi connectivity index (χ4n) is 5.47. The molecule has 0 radical (unpaired) electrons. The van der Waals surface area contributed by atoms with Gasteiger partial charge in [-0.15, -0.1) is 0 Å². The summed E-state index contributed by atoms with van der Waals surface area (Å²) in [6.45, 7) is 0. The molecule has 2 nitrogen and oxygen atoms in total. The number of hydrogen-bond acceptors (Lipinski definition) is 2. The predicted molar refractivity (Wildman–Crippen MR) is 160 cm³/mol. The highest BCUT2D eigenvalue weighted by Gasteiger charge is 2.33. The fraction of sp³-hybridized carbons (Fsp3) is 0.0556. The summed E-state index contributed by atoms with van der Waals surface area (Å²) in [7, 11) is 0. The van der Waals surface area contributed by atoms with E-state index in [4.69, 9.17) is 11.5 Å². The Kier molecular flexibility index (Phi) is 6.25. The van der Waals surface area contributed by atoms with Crippen LogP contribution in [0.1, 0.15) is 12.0 Å². The van der Waals surface area contributed by atoms with Gasteiger partial charge in [-0.05, 0) is 68.6 Å². The van der Waals surface area contributed by atoms with Gasteiger partial charge in [-0.1, -0.05) is 133 Å². The van der Waals surface area contributed by atoms with E-state index in [0.29, 0.717) is 6.42 Å². The third kappa shape index (κ3) is 4.36. The third-order valence-corrected chi connectivity index (χ3v) is 7.35. The molecule has 0 saturated carbocycles. The molecule has 184 valence electrons. The lowest BCUT2D eigenvalue weighted by atomic mass is 9.73. The van der Waals surface area contributed by atoms with Crippen molar-refractivity contribution in [2.45, 2.75) is 12.0 Å². The van der Waals surface area contributed by atoms with Crippen molar-refractivity contribution < 1.29 is 0 Å². The molecule has 4 N–H and O–H groups in total. The third-order valence-electron chi connectivity index (χ3n) is 7.35. The van der Waals surface area contributed by atoms with E-state index in [1.807, 2.05) is 12.2 Å². The van der Waals surface area contributed by atoms with Crippen LogP contribution in [0.3, 0.4) is 0 Å². The molecule has 0 spiro atoms. The van der Waals surface area contributed by atoms with E-state index in [0.717, 1.165) is 39.1 Å². The lowest BCUT2D eigenvalue weighted by Gasteiger charge is -2.34. The van der Waals surface area contributed by atoms with Crippen LogP contribution in [0.2, 0.25) is 0 Å². The second kappa shape index (κ2) is 10.0. The van der Waals surface area contributed by atoms with Gasteiger partial charge >= 0.3 is 0 Å². The van der Waals surface area contributed by atoms with Crippen molar-refractivity contribution in [2.24, 2.45) is 11.5 Å². The van der Waals surface area contributed by atoms with Gasteiger partial charge in [0, 0.05) is 5.70 Å². The Labute approximate surface area is 224 Å². The molecule has 1 unspecified atom stereocenters. The summed E-state index contributed by atoms with van der Waals surface area (Å²) in [5, 5.41) is 0. The Hall–Kier alpha value is -4.66. The molecule has 0 aromatic heterocycles. The monoisotopic (exact) mass is 490 g/mol. The fourth-order valence-corrected chi connectivity index (χ4v) is 5.47. The first-order valence-electron chi connectivity index (χ1n) is 13.0. The van der Waals surface area contributed by atoms with E-state index in [1.165, 1.54) is 16.7 Å². The number of rotatable bonds is 5. The second-order valence-corrected chi connectivity index (χ2v) is 9.84. The summed E-state index contributed by atoms with van der Waals surface area (Å²) in [6, 6.07) is 44.9. The van der Waals surface area contributed by atoms with Crippen molar-refractivity contribution in [3.8, 4) is 44.5 Å². The molecule has 5 aromatic rings. The molecule has 38 heavy (non-hydrogen) atoms. The summed E-state index contributed by atoms with van der Waals surface area (Å²) < 4.78 is 0. The molecule has 1 aliphatic rings. The molecular formula is C36H30N2. The van der Waals surface area contributed by atoms with Crippen molar-refractivity contribution in [2.75, 3.05) is 0 Å². The average molecular weight is 491 g/mol. The molecule has 1 atom stereocenters. The van der Waals surface area contributed by atoms with E-state index in [2.05, 4.69) is 133 Å². The van der Waals surface area contributed by atoms with Gasteiger partial charge in [-0.3, -0.25) is 0 Å². The normalized spacial score (nSPS) is 16.7. The van der Waals surface area contributed by atoms with E-state index in [-0.39, 0.29) is 0 Å². The Balaban J connectivity index is 1.82. The lowest BCUT2D eigenvalue weighted by Crippen LogP contribution is -2.36. The molecule has 1 aliphatic carbocycles. The van der Waals surface area contributed by atoms with Gasteiger partial charge in [0.1, 0.15) is 0 Å². The van der Waals surface area contributed by atoms with Crippen LogP contribution in [0.5, 0.6) is 0 Å². The first-order chi connectivity index (χ1) is 18.6. The van der Waals surface area contributed by atoms with Crippen molar-refractivity contribution in [1.82, 2.24) is 0 Å². The highest BCUT2D eigenvalue weighted by Crippen LogP contribution is 2.50. The van der Waals surface area contributed by atoms with Crippen LogP contribution in [-0.2, 0) is 5.54 Å². The van der Waals surface area contributed by atoms with Crippen molar-refractivity contribution in [3.63, 3.8) is 0 Å². The van der Waals surface area contributed by atoms with Crippen molar-refractivity contribution in [1.29, 1.82) is 0 Å². The van der Waals surface area contributed by atoms with Gasteiger partial charge in [0.15, 0.2) is 0 Å². The van der Waals surface area contributed by atoms with Crippen LogP contribution in [0.25, 0.3) is 44.5 Å². The minimum absolute atomic E-state index is 0.627. The van der Waals surface area contributed by atoms with Gasteiger partial charge < -0.3 is 11.5 Å². The molecule has 0 aliphatic heterocycles. The van der Waals surface area contributed by atoms with Crippen LogP contribution in [0, 0.1) is 0 Å². The maximum atomic E-state index is 7.28. The molecule has 6 rings (SSSR count). The predicted octanol–water partition coefficient (Wildman–Crippen LogP) is 8.31. The Morgan fingerprint density at radius 2 is 0.974 bits per heavy atom. The minimum Gasteiger partial charge on any atom is -0.399 e. The second-order valence-electron chi connectivity index (χ2n) is 9.84.